The predicted octanol–water partition coefficient (Wildman–Crippen LogP) is 2.73. The van der Waals surface area contributed by atoms with E-state index >= 15 is 0 Å². The molecule has 1 aromatic heterocycles. The van der Waals surface area contributed by atoms with Crippen LogP contribution in [-0.4, -0.2) is 49.7 Å². The first-order chi connectivity index (χ1) is 11.7. The quantitative estimate of drug-likeness (QED) is 0.665. The van der Waals surface area contributed by atoms with Gasteiger partial charge in [-0.1, -0.05) is 11.6 Å². The maximum absolute atomic E-state index is 6.10. The Balaban J connectivity index is 2.13. The van der Waals surface area contributed by atoms with Crippen molar-refractivity contribution < 1.29 is 14.2 Å². The lowest BCUT2D eigenvalue weighted by Crippen LogP contribution is -2.09. The maximum Gasteiger partial charge on any atom is 0.244 e. The summed E-state index contributed by atoms with van der Waals surface area (Å²) in [4.78, 5) is 4.35. The Hall–Kier alpha value is -2.32. The number of aromatic nitrogens is 3. The first-order valence-corrected chi connectivity index (χ1v) is 7.66. The van der Waals surface area contributed by atoms with Crippen LogP contribution >= 0.6 is 11.6 Å². The summed E-state index contributed by atoms with van der Waals surface area (Å²) in [6.07, 6.45) is 2.36. The summed E-state index contributed by atoms with van der Waals surface area (Å²) in [5, 5.41) is 14.5. The van der Waals surface area contributed by atoms with Crippen molar-refractivity contribution in [3.05, 3.63) is 23.4 Å². The normalized spacial score (nSPS) is 10.3. The molecule has 0 saturated carbocycles. The monoisotopic (exact) mass is 353 g/mol. The van der Waals surface area contributed by atoms with Crippen molar-refractivity contribution in [2.45, 2.75) is 6.42 Å². The Morgan fingerprint density at radius 2 is 1.92 bits per heavy atom. The predicted molar refractivity (Wildman–Crippen MR) is 92.6 cm³/mol. The minimum absolute atomic E-state index is 0.427. The number of anilines is 3. The molecule has 0 fully saturated rings. The van der Waals surface area contributed by atoms with Crippen molar-refractivity contribution in [1.82, 2.24) is 15.2 Å². The van der Waals surface area contributed by atoms with E-state index in [1.165, 1.54) is 6.20 Å². The fraction of sp³-hybridized carbons (Fsp3) is 0.400. The van der Waals surface area contributed by atoms with Gasteiger partial charge in [-0.3, -0.25) is 0 Å². The molecular weight excluding hydrogens is 334 g/mol. The van der Waals surface area contributed by atoms with E-state index in [0.29, 0.717) is 47.1 Å². The Morgan fingerprint density at radius 3 is 2.62 bits per heavy atom. The van der Waals surface area contributed by atoms with Crippen LogP contribution in [-0.2, 0) is 4.74 Å². The van der Waals surface area contributed by atoms with Crippen LogP contribution in [0.4, 0.5) is 17.5 Å². The van der Waals surface area contributed by atoms with Gasteiger partial charge in [0.25, 0.3) is 0 Å². The highest BCUT2D eigenvalue weighted by atomic mass is 35.5. The van der Waals surface area contributed by atoms with Crippen LogP contribution in [0.15, 0.2) is 18.3 Å². The molecule has 0 amide bonds. The standard InChI is InChI=1S/C15H20ClN5O3/c1-22-6-4-5-17-15-20-14(9-18-21-15)19-11-8-12(23-2)10(16)7-13(11)24-3/h7-9H,4-6H2,1-3H3,(H2,17,19,20,21). The molecule has 0 saturated heterocycles. The lowest BCUT2D eigenvalue weighted by molar-refractivity contribution is 0.197. The summed E-state index contributed by atoms with van der Waals surface area (Å²) in [7, 11) is 4.77. The van der Waals surface area contributed by atoms with Gasteiger partial charge in [0.05, 0.1) is 31.1 Å². The summed E-state index contributed by atoms with van der Waals surface area (Å²) in [5.74, 6) is 2.03. The zero-order valence-corrected chi connectivity index (χ0v) is 14.6. The highest BCUT2D eigenvalue weighted by Crippen LogP contribution is 2.36. The third kappa shape index (κ3) is 4.84. The van der Waals surface area contributed by atoms with Gasteiger partial charge in [-0.15, -0.1) is 5.10 Å². The number of hydrogen-bond acceptors (Lipinski definition) is 8. The van der Waals surface area contributed by atoms with Crippen LogP contribution in [0, 0.1) is 0 Å². The van der Waals surface area contributed by atoms with Gasteiger partial charge in [0.1, 0.15) is 11.5 Å². The summed E-state index contributed by atoms with van der Waals surface area (Å²) in [5.41, 5.74) is 0.657. The molecule has 2 N–H and O–H groups in total. The second-order valence-electron chi connectivity index (χ2n) is 4.75. The van der Waals surface area contributed by atoms with Gasteiger partial charge < -0.3 is 24.8 Å². The number of rotatable bonds is 9. The molecule has 9 heteroatoms. The summed E-state index contributed by atoms with van der Waals surface area (Å²) in [6.45, 7) is 1.36. The average molecular weight is 354 g/mol. The van der Waals surface area contributed by atoms with Gasteiger partial charge >= 0.3 is 0 Å². The number of halogens is 1. The van der Waals surface area contributed by atoms with Gasteiger partial charge in [-0.05, 0) is 6.42 Å². The molecule has 1 heterocycles. The van der Waals surface area contributed by atoms with E-state index < -0.39 is 0 Å². The molecule has 0 radical (unpaired) electrons. The molecule has 0 spiro atoms. The second kappa shape index (κ2) is 9.09. The molecule has 2 rings (SSSR count). The molecule has 0 aliphatic heterocycles. The molecule has 0 atom stereocenters. The number of hydrogen-bond donors (Lipinski definition) is 2. The first-order valence-electron chi connectivity index (χ1n) is 7.29. The van der Waals surface area contributed by atoms with E-state index in [4.69, 9.17) is 25.8 Å². The molecule has 0 aliphatic rings. The Morgan fingerprint density at radius 1 is 1.12 bits per heavy atom. The largest absolute Gasteiger partial charge is 0.495 e. The third-order valence-electron chi connectivity index (χ3n) is 3.10. The lowest BCUT2D eigenvalue weighted by Gasteiger charge is -2.13. The molecule has 130 valence electrons. The molecular formula is C15H20ClN5O3. The minimum Gasteiger partial charge on any atom is -0.495 e. The smallest absolute Gasteiger partial charge is 0.244 e. The van der Waals surface area contributed by atoms with Gasteiger partial charge in [0.2, 0.25) is 5.95 Å². The number of nitrogens with zero attached hydrogens (tertiary/aromatic N) is 3. The Kier molecular flexibility index (Phi) is 6.83. The van der Waals surface area contributed by atoms with E-state index in [9.17, 15) is 0 Å². The molecule has 24 heavy (non-hydrogen) atoms. The zero-order valence-electron chi connectivity index (χ0n) is 13.8. The van der Waals surface area contributed by atoms with Crippen LogP contribution in [0.5, 0.6) is 11.5 Å². The highest BCUT2D eigenvalue weighted by molar-refractivity contribution is 6.32. The van der Waals surface area contributed by atoms with Gasteiger partial charge in [-0.25, -0.2) is 0 Å². The zero-order chi connectivity index (χ0) is 17.4. The Labute approximate surface area is 145 Å². The molecule has 0 unspecified atom stereocenters. The van der Waals surface area contributed by atoms with Crippen molar-refractivity contribution in [3.8, 4) is 11.5 Å². The number of benzene rings is 1. The van der Waals surface area contributed by atoms with Crippen molar-refractivity contribution in [2.24, 2.45) is 0 Å². The van der Waals surface area contributed by atoms with Crippen molar-refractivity contribution in [1.29, 1.82) is 0 Å². The van der Waals surface area contributed by atoms with E-state index in [1.54, 1.807) is 33.5 Å². The molecule has 0 aliphatic carbocycles. The van der Waals surface area contributed by atoms with E-state index in [-0.39, 0.29) is 0 Å². The first kappa shape index (κ1) is 18.0. The van der Waals surface area contributed by atoms with Crippen molar-refractivity contribution in [3.63, 3.8) is 0 Å². The van der Waals surface area contributed by atoms with Crippen LogP contribution < -0.4 is 20.1 Å². The summed E-state index contributed by atoms with van der Waals surface area (Å²) >= 11 is 6.10. The summed E-state index contributed by atoms with van der Waals surface area (Å²) < 4.78 is 15.5. The topological polar surface area (TPSA) is 90.4 Å². The van der Waals surface area contributed by atoms with E-state index in [2.05, 4.69) is 25.8 Å². The third-order valence-corrected chi connectivity index (χ3v) is 3.40. The molecule has 0 bridgehead atoms. The molecule has 2 aromatic rings. The van der Waals surface area contributed by atoms with Crippen LogP contribution in [0.1, 0.15) is 6.42 Å². The van der Waals surface area contributed by atoms with Gasteiger partial charge in [0, 0.05) is 32.4 Å². The van der Waals surface area contributed by atoms with Crippen LogP contribution in [0.2, 0.25) is 5.02 Å². The summed E-state index contributed by atoms with van der Waals surface area (Å²) in [6, 6.07) is 3.40. The average Bonchev–Trinajstić information content (AvgIpc) is 2.60. The Bertz CT molecular complexity index is 672. The SMILES string of the molecule is COCCCNc1nncc(Nc2cc(OC)c(Cl)cc2OC)n1. The number of nitrogens with one attached hydrogen (secondary N) is 2. The molecule has 8 nitrogen and oxygen atoms in total. The highest BCUT2D eigenvalue weighted by Gasteiger charge is 2.11. The minimum atomic E-state index is 0.427. The number of methoxy groups -OCH3 is 3. The van der Waals surface area contributed by atoms with E-state index in [1.807, 2.05) is 0 Å². The molecule has 1 aromatic carbocycles. The van der Waals surface area contributed by atoms with E-state index in [0.717, 1.165) is 6.42 Å². The number of ether oxygens (including phenoxy) is 3. The van der Waals surface area contributed by atoms with Gasteiger partial charge in [-0.2, -0.15) is 10.1 Å². The maximum atomic E-state index is 6.10. The lowest BCUT2D eigenvalue weighted by atomic mass is 10.2. The second-order valence-corrected chi connectivity index (χ2v) is 5.16. The fourth-order valence-electron chi connectivity index (χ4n) is 1.95. The van der Waals surface area contributed by atoms with Gasteiger partial charge in [0.15, 0.2) is 5.82 Å². The fourth-order valence-corrected chi connectivity index (χ4v) is 2.18. The van der Waals surface area contributed by atoms with Crippen molar-refractivity contribution in [2.75, 3.05) is 45.1 Å². The van der Waals surface area contributed by atoms with Crippen molar-refractivity contribution >= 4 is 29.1 Å². The van der Waals surface area contributed by atoms with Crippen LogP contribution in [0.3, 0.4) is 0 Å². The van der Waals surface area contributed by atoms with Crippen LogP contribution in [0.25, 0.3) is 0 Å².